The van der Waals surface area contributed by atoms with Crippen LogP contribution in [-0.2, 0) is 4.79 Å². The molecule has 1 unspecified atom stereocenters. The molecule has 2 aliphatic carbocycles. The van der Waals surface area contributed by atoms with Crippen LogP contribution in [0, 0.1) is 5.92 Å². The van der Waals surface area contributed by atoms with E-state index in [9.17, 15) is 4.79 Å². The van der Waals surface area contributed by atoms with Crippen molar-refractivity contribution >= 4 is 5.91 Å². The number of hydrogen-bond donors (Lipinski definition) is 2. The second kappa shape index (κ2) is 6.23. The van der Waals surface area contributed by atoms with Gasteiger partial charge in [0.15, 0.2) is 0 Å². The molecule has 0 aromatic heterocycles. The van der Waals surface area contributed by atoms with Gasteiger partial charge in [-0.2, -0.15) is 0 Å². The number of hydrogen-bond acceptors (Lipinski definition) is 3. The molecular weight excluding hydrogens is 238 g/mol. The smallest absolute Gasteiger partial charge is 0.221 e. The van der Waals surface area contributed by atoms with Crippen molar-refractivity contribution in [2.45, 2.75) is 62.9 Å². The highest BCUT2D eigenvalue weighted by atomic mass is 16.1. The van der Waals surface area contributed by atoms with Crippen LogP contribution in [-0.4, -0.2) is 43.0 Å². The third-order valence-electron chi connectivity index (χ3n) is 5.00. The lowest BCUT2D eigenvalue weighted by atomic mass is 9.80. The first-order valence-electron chi connectivity index (χ1n) is 7.73. The normalized spacial score (nSPS) is 24.2. The van der Waals surface area contributed by atoms with Crippen LogP contribution in [0.5, 0.6) is 0 Å². The molecule has 19 heavy (non-hydrogen) atoms. The van der Waals surface area contributed by atoms with E-state index in [1.807, 2.05) is 0 Å². The molecule has 0 heterocycles. The SMILES string of the molecule is CN(C)C1(CNC(=O)CC(N)C2CC2)CCCCC1. The van der Waals surface area contributed by atoms with Crippen molar-refractivity contribution in [3.8, 4) is 0 Å². The number of amides is 1. The molecule has 3 N–H and O–H groups in total. The zero-order valence-electron chi connectivity index (χ0n) is 12.5. The molecular formula is C15H29N3O. The first-order valence-corrected chi connectivity index (χ1v) is 7.73. The molecule has 4 nitrogen and oxygen atoms in total. The third-order valence-corrected chi connectivity index (χ3v) is 5.00. The van der Waals surface area contributed by atoms with Gasteiger partial charge in [0.05, 0.1) is 0 Å². The molecule has 0 radical (unpaired) electrons. The van der Waals surface area contributed by atoms with Crippen molar-refractivity contribution in [3.63, 3.8) is 0 Å². The van der Waals surface area contributed by atoms with E-state index in [4.69, 9.17) is 5.73 Å². The lowest BCUT2D eigenvalue weighted by Gasteiger charge is -2.43. The number of rotatable bonds is 6. The molecule has 0 saturated heterocycles. The summed E-state index contributed by atoms with van der Waals surface area (Å²) >= 11 is 0. The summed E-state index contributed by atoms with van der Waals surface area (Å²) in [5, 5.41) is 3.13. The summed E-state index contributed by atoms with van der Waals surface area (Å²) in [6.07, 6.45) is 9.16. The van der Waals surface area contributed by atoms with Crippen molar-refractivity contribution in [2.24, 2.45) is 11.7 Å². The van der Waals surface area contributed by atoms with Crippen molar-refractivity contribution < 1.29 is 4.79 Å². The summed E-state index contributed by atoms with van der Waals surface area (Å²) < 4.78 is 0. The predicted molar refractivity (Wildman–Crippen MR) is 77.8 cm³/mol. The molecule has 2 saturated carbocycles. The number of likely N-dealkylation sites (N-methyl/N-ethyl adjacent to an activating group) is 1. The van der Waals surface area contributed by atoms with Crippen LogP contribution in [0.15, 0.2) is 0 Å². The highest BCUT2D eigenvalue weighted by molar-refractivity contribution is 5.76. The molecule has 0 aromatic carbocycles. The molecule has 2 rings (SSSR count). The van der Waals surface area contributed by atoms with E-state index in [1.54, 1.807) is 0 Å². The van der Waals surface area contributed by atoms with E-state index in [0.717, 1.165) is 6.54 Å². The quantitative estimate of drug-likeness (QED) is 0.766. The molecule has 4 heteroatoms. The molecule has 0 aromatic rings. The lowest BCUT2D eigenvalue weighted by Crippen LogP contribution is -2.54. The third kappa shape index (κ3) is 3.93. The second-order valence-corrected chi connectivity index (χ2v) is 6.66. The average molecular weight is 267 g/mol. The molecule has 2 aliphatic rings. The van der Waals surface area contributed by atoms with Crippen LogP contribution in [0.4, 0.5) is 0 Å². The Kier molecular flexibility index (Phi) is 4.85. The Labute approximate surface area is 117 Å². The van der Waals surface area contributed by atoms with Crippen LogP contribution in [0.2, 0.25) is 0 Å². The minimum Gasteiger partial charge on any atom is -0.354 e. The summed E-state index contributed by atoms with van der Waals surface area (Å²) in [7, 11) is 4.26. The van der Waals surface area contributed by atoms with E-state index >= 15 is 0 Å². The van der Waals surface area contributed by atoms with Gasteiger partial charge in [0.1, 0.15) is 0 Å². The maximum absolute atomic E-state index is 12.0. The number of carbonyl (C=O) groups is 1. The standard InChI is InChI=1S/C15H29N3O/c1-18(2)15(8-4-3-5-9-15)11-17-14(19)10-13(16)12-6-7-12/h12-13H,3-11,16H2,1-2H3,(H,17,19). The molecule has 0 bridgehead atoms. The van der Waals surface area contributed by atoms with Crippen LogP contribution in [0.3, 0.4) is 0 Å². The minimum absolute atomic E-state index is 0.0710. The van der Waals surface area contributed by atoms with Crippen LogP contribution in [0.25, 0.3) is 0 Å². The lowest BCUT2D eigenvalue weighted by molar-refractivity contribution is -0.122. The van der Waals surface area contributed by atoms with E-state index in [1.165, 1.54) is 44.9 Å². The van der Waals surface area contributed by atoms with Crippen molar-refractivity contribution in [1.29, 1.82) is 0 Å². The van der Waals surface area contributed by atoms with Gasteiger partial charge in [-0.25, -0.2) is 0 Å². The first kappa shape index (κ1) is 14.8. The number of carbonyl (C=O) groups excluding carboxylic acids is 1. The minimum atomic E-state index is 0.0710. The van der Waals surface area contributed by atoms with E-state index < -0.39 is 0 Å². The highest BCUT2D eigenvalue weighted by Gasteiger charge is 2.35. The summed E-state index contributed by atoms with van der Waals surface area (Å²) in [4.78, 5) is 14.3. The first-order chi connectivity index (χ1) is 9.03. The van der Waals surface area contributed by atoms with Gasteiger partial charge in [0.25, 0.3) is 0 Å². The van der Waals surface area contributed by atoms with E-state index in [-0.39, 0.29) is 17.5 Å². The predicted octanol–water partition coefficient (Wildman–Crippen LogP) is 1.49. The Balaban J connectivity index is 1.79. The zero-order valence-corrected chi connectivity index (χ0v) is 12.5. The maximum atomic E-state index is 12.0. The number of nitrogens with one attached hydrogen (secondary N) is 1. The van der Waals surface area contributed by atoms with Gasteiger partial charge >= 0.3 is 0 Å². The van der Waals surface area contributed by atoms with E-state index in [0.29, 0.717) is 12.3 Å². The van der Waals surface area contributed by atoms with Crippen LogP contribution in [0.1, 0.15) is 51.4 Å². The summed E-state index contributed by atoms with van der Waals surface area (Å²) in [5.41, 5.74) is 6.17. The van der Waals surface area contributed by atoms with Gasteiger partial charge in [-0.3, -0.25) is 4.79 Å². The molecule has 2 fully saturated rings. The fraction of sp³-hybridized carbons (Fsp3) is 0.933. The van der Waals surface area contributed by atoms with Crippen LogP contribution >= 0.6 is 0 Å². The van der Waals surface area contributed by atoms with Crippen molar-refractivity contribution in [1.82, 2.24) is 10.2 Å². The van der Waals surface area contributed by atoms with Gasteiger partial charge in [0.2, 0.25) is 5.91 Å². The number of nitrogens with zero attached hydrogens (tertiary/aromatic N) is 1. The van der Waals surface area contributed by atoms with Crippen LogP contribution < -0.4 is 11.1 Å². The second-order valence-electron chi connectivity index (χ2n) is 6.66. The molecule has 1 amide bonds. The molecule has 0 aliphatic heterocycles. The molecule has 110 valence electrons. The Morgan fingerprint density at radius 3 is 2.47 bits per heavy atom. The Morgan fingerprint density at radius 1 is 1.32 bits per heavy atom. The van der Waals surface area contributed by atoms with Gasteiger partial charge < -0.3 is 16.0 Å². The van der Waals surface area contributed by atoms with Gasteiger partial charge in [-0.1, -0.05) is 19.3 Å². The van der Waals surface area contributed by atoms with Crippen molar-refractivity contribution in [2.75, 3.05) is 20.6 Å². The molecule has 1 atom stereocenters. The largest absolute Gasteiger partial charge is 0.354 e. The Morgan fingerprint density at radius 2 is 1.95 bits per heavy atom. The molecule has 0 spiro atoms. The van der Waals surface area contributed by atoms with Gasteiger partial charge in [0, 0.05) is 24.5 Å². The summed E-state index contributed by atoms with van der Waals surface area (Å²) in [6.45, 7) is 0.774. The van der Waals surface area contributed by atoms with Gasteiger partial charge in [-0.05, 0) is 45.7 Å². The topological polar surface area (TPSA) is 58.4 Å². The summed E-state index contributed by atoms with van der Waals surface area (Å²) in [6, 6.07) is 0.0710. The zero-order chi connectivity index (χ0) is 13.9. The Bertz CT molecular complexity index is 307. The Hall–Kier alpha value is -0.610. The summed E-state index contributed by atoms with van der Waals surface area (Å²) in [5.74, 6) is 0.731. The van der Waals surface area contributed by atoms with Crippen molar-refractivity contribution in [3.05, 3.63) is 0 Å². The maximum Gasteiger partial charge on any atom is 0.221 e. The average Bonchev–Trinajstić information content (AvgIpc) is 3.21. The number of nitrogens with two attached hydrogens (primary N) is 1. The monoisotopic (exact) mass is 267 g/mol. The fourth-order valence-electron chi connectivity index (χ4n) is 3.23. The highest BCUT2D eigenvalue weighted by Crippen LogP contribution is 2.33. The van der Waals surface area contributed by atoms with E-state index in [2.05, 4.69) is 24.3 Å². The fourth-order valence-corrected chi connectivity index (χ4v) is 3.23. The van der Waals surface area contributed by atoms with Gasteiger partial charge in [-0.15, -0.1) is 0 Å².